The third-order valence-corrected chi connectivity index (χ3v) is 3.20. The molecule has 0 atom stereocenters. The van der Waals surface area contributed by atoms with Gasteiger partial charge in [-0.3, -0.25) is 0 Å². The minimum atomic E-state index is -4.08. The molecule has 0 saturated carbocycles. The quantitative estimate of drug-likeness (QED) is 0.621. The van der Waals surface area contributed by atoms with E-state index in [-0.39, 0.29) is 5.69 Å². The normalized spacial score (nSPS) is 11.8. The molecule has 0 N–H and O–H groups in total. The molecule has 0 bridgehead atoms. The Morgan fingerprint density at radius 3 is 2.59 bits per heavy atom. The Balaban J connectivity index is 3.26. The Morgan fingerprint density at radius 1 is 1.59 bits per heavy atom. The number of alkyl halides is 2. The van der Waals surface area contributed by atoms with Crippen LogP contribution in [0.1, 0.15) is 10.5 Å². The number of methoxy groups -OCH3 is 1. The highest BCUT2D eigenvalue weighted by Gasteiger charge is 2.21. The van der Waals surface area contributed by atoms with Gasteiger partial charge in [0.1, 0.15) is 10.6 Å². The summed E-state index contributed by atoms with van der Waals surface area (Å²) in [7, 11) is 2.02. The van der Waals surface area contributed by atoms with Crippen LogP contribution in [0.4, 0.5) is 8.78 Å². The van der Waals surface area contributed by atoms with Gasteiger partial charge in [-0.25, -0.2) is 22.0 Å². The lowest BCUT2D eigenvalue weighted by atomic mass is 10.4. The third kappa shape index (κ3) is 3.40. The van der Waals surface area contributed by atoms with Gasteiger partial charge in [0.05, 0.1) is 13.7 Å². The maximum Gasteiger partial charge on any atom is 0.354 e. The maximum atomic E-state index is 12.2. The van der Waals surface area contributed by atoms with Gasteiger partial charge in [0.15, 0.2) is 0 Å². The summed E-state index contributed by atoms with van der Waals surface area (Å²) in [4.78, 5) is 10.8. The number of aromatic nitrogens is 1. The van der Waals surface area contributed by atoms with E-state index in [0.717, 1.165) is 23.9 Å². The minimum Gasteiger partial charge on any atom is -0.464 e. The Bertz CT molecular complexity index is 526. The minimum absolute atomic E-state index is 0.299. The molecule has 0 spiro atoms. The van der Waals surface area contributed by atoms with E-state index in [9.17, 15) is 22.0 Å². The molecule has 1 rings (SSSR count). The largest absolute Gasteiger partial charge is 0.464 e. The second kappa shape index (κ2) is 5.01. The Hall–Kier alpha value is -1.15. The number of carbonyl (C=O) groups is 1. The standard InChI is InChI=1S/C8H8ClF2NO4S/c1-16-8(13)6-2-5(17(9,14)15)3-12(6)4-7(10)11/h2-3,7H,4H2,1H3. The number of rotatable bonds is 4. The van der Waals surface area contributed by atoms with Crippen molar-refractivity contribution in [1.82, 2.24) is 4.57 Å². The Labute approximate surface area is 100 Å². The van der Waals surface area contributed by atoms with Crippen LogP contribution in [0.3, 0.4) is 0 Å². The van der Waals surface area contributed by atoms with E-state index in [1.54, 1.807) is 0 Å². The zero-order valence-corrected chi connectivity index (χ0v) is 10.1. The smallest absolute Gasteiger partial charge is 0.354 e. The average Bonchev–Trinajstić information content (AvgIpc) is 2.59. The molecule has 9 heteroatoms. The number of nitrogens with zero attached hydrogens (tertiary/aromatic N) is 1. The van der Waals surface area contributed by atoms with Crippen molar-refractivity contribution in [2.45, 2.75) is 17.9 Å². The molecule has 0 aromatic carbocycles. The van der Waals surface area contributed by atoms with Crippen LogP contribution in [0.25, 0.3) is 0 Å². The van der Waals surface area contributed by atoms with E-state index in [1.165, 1.54) is 0 Å². The summed E-state index contributed by atoms with van der Waals surface area (Å²) >= 11 is 0. The zero-order chi connectivity index (χ0) is 13.2. The summed E-state index contributed by atoms with van der Waals surface area (Å²) in [6.45, 7) is -0.823. The first-order valence-corrected chi connectivity index (χ1v) is 6.58. The monoisotopic (exact) mass is 287 g/mol. The van der Waals surface area contributed by atoms with Crippen molar-refractivity contribution in [3.63, 3.8) is 0 Å². The molecule has 0 fully saturated rings. The maximum absolute atomic E-state index is 12.2. The van der Waals surface area contributed by atoms with Crippen LogP contribution < -0.4 is 0 Å². The van der Waals surface area contributed by atoms with Gasteiger partial charge in [0.25, 0.3) is 15.5 Å². The predicted octanol–water partition coefficient (Wildman–Crippen LogP) is 1.47. The lowest BCUT2D eigenvalue weighted by Crippen LogP contribution is -2.13. The van der Waals surface area contributed by atoms with Gasteiger partial charge in [0.2, 0.25) is 0 Å². The number of carbonyl (C=O) groups excluding carboxylic acids is 1. The molecule has 1 aromatic rings. The fourth-order valence-electron chi connectivity index (χ4n) is 1.19. The summed E-state index contributed by atoms with van der Waals surface area (Å²) < 4.78 is 51.6. The molecule has 96 valence electrons. The molecule has 1 heterocycles. The van der Waals surface area contributed by atoms with Crippen LogP contribution in [-0.2, 0) is 20.3 Å². The van der Waals surface area contributed by atoms with Crippen molar-refractivity contribution in [2.24, 2.45) is 0 Å². The molecule has 0 unspecified atom stereocenters. The molecule has 5 nitrogen and oxygen atoms in total. The van der Waals surface area contributed by atoms with Crippen LogP contribution in [0, 0.1) is 0 Å². The summed E-state index contributed by atoms with van der Waals surface area (Å²) in [6.07, 6.45) is -1.88. The van der Waals surface area contributed by atoms with Gasteiger partial charge in [-0.05, 0) is 6.07 Å². The van der Waals surface area contributed by atoms with Crippen molar-refractivity contribution >= 4 is 25.7 Å². The van der Waals surface area contributed by atoms with Crippen molar-refractivity contribution in [3.8, 4) is 0 Å². The Morgan fingerprint density at radius 2 is 2.18 bits per heavy atom. The van der Waals surface area contributed by atoms with Crippen molar-refractivity contribution in [1.29, 1.82) is 0 Å². The highest BCUT2D eigenvalue weighted by Crippen LogP contribution is 2.20. The lowest BCUT2D eigenvalue weighted by molar-refractivity contribution is 0.0580. The van der Waals surface area contributed by atoms with Gasteiger partial charge in [0, 0.05) is 16.9 Å². The lowest BCUT2D eigenvalue weighted by Gasteiger charge is -2.05. The molecule has 0 amide bonds. The van der Waals surface area contributed by atoms with Gasteiger partial charge >= 0.3 is 5.97 Å². The van der Waals surface area contributed by atoms with Gasteiger partial charge in [-0.15, -0.1) is 0 Å². The van der Waals surface area contributed by atoms with E-state index in [0.29, 0.717) is 0 Å². The number of esters is 1. The first kappa shape index (κ1) is 13.9. The first-order chi connectivity index (χ1) is 7.75. The second-order valence-electron chi connectivity index (χ2n) is 3.03. The van der Waals surface area contributed by atoms with E-state index in [4.69, 9.17) is 10.7 Å². The number of ether oxygens (including phenoxy) is 1. The van der Waals surface area contributed by atoms with Crippen molar-refractivity contribution in [3.05, 3.63) is 18.0 Å². The van der Waals surface area contributed by atoms with Crippen molar-refractivity contribution < 1.29 is 26.7 Å². The highest BCUT2D eigenvalue weighted by atomic mass is 35.7. The molecule has 17 heavy (non-hydrogen) atoms. The van der Waals surface area contributed by atoms with Gasteiger partial charge in [-0.2, -0.15) is 0 Å². The summed E-state index contributed by atoms with van der Waals surface area (Å²) in [5.41, 5.74) is -0.299. The number of hydrogen-bond acceptors (Lipinski definition) is 4. The highest BCUT2D eigenvalue weighted by molar-refractivity contribution is 8.13. The van der Waals surface area contributed by atoms with Gasteiger partial charge < -0.3 is 9.30 Å². The molecular weight excluding hydrogens is 280 g/mol. The molecule has 0 aliphatic heterocycles. The fraction of sp³-hybridized carbons (Fsp3) is 0.375. The molecule has 0 aliphatic rings. The van der Waals surface area contributed by atoms with Crippen LogP contribution in [0.2, 0.25) is 0 Å². The van der Waals surface area contributed by atoms with Crippen LogP contribution in [0.15, 0.2) is 17.2 Å². The zero-order valence-electron chi connectivity index (χ0n) is 8.56. The van der Waals surface area contributed by atoms with E-state index in [1.807, 2.05) is 0 Å². The summed E-state index contributed by atoms with van der Waals surface area (Å²) in [5.74, 6) is -0.919. The van der Waals surface area contributed by atoms with E-state index in [2.05, 4.69) is 4.74 Å². The fourth-order valence-corrected chi connectivity index (χ4v) is 1.95. The third-order valence-electron chi connectivity index (χ3n) is 1.88. The van der Waals surface area contributed by atoms with E-state index < -0.39 is 32.9 Å². The van der Waals surface area contributed by atoms with Gasteiger partial charge in [-0.1, -0.05) is 0 Å². The number of hydrogen-bond donors (Lipinski definition) is 0. The van der Waals surface area contributed by atoms with Crippen LogP contribution in [0.5, 0.6) is 0 Å². The molecule has 0 aliphatic carbocycles. The first-order valence-electron chi connectivity index (χ1n) is 4.27. The predicted molar refractivity (Wildman–Crippen MR) is 54.8 cm³/mol. The molecule has 0 saturated heterocycles. The average molecular weight is 288 g/mol. The van der Waals surface area contributed by atoms with Crippen LogP contribution >= 0.6 is 10.7 Å². The summed E-state index contributed by atoms with van der Waals surface area (Å²) in [6, 6.07) is 0.885. The SMILES string of the molecule is COC(=O)c1cc(S(=O)(=O)Cl)cn1CC(F)F. The molecule has 1 aromatic heterocycles. The van der Waals surface area contributed by atoms with Crippen molar-refractivity contribution in [2.75, 3.05) is 7.11 Å². The number of halogens is 3. The summed E-state index contributed by atoms with van der Waals surface area (Å²) in [5, 5.41) is 0. The topological polar surface area (TPSA) is 65.4 Å². The molecular formula is C8H8ClF2NO4S. The molecule has 0 radical (unpaired) electrons. The van der Waals surface area contributed by atoms with Crippen LogP contribution in [-0.4, -0.2) is 32.5 Å². The van der Waals surface area contributed by atoms with E-state index >= 15 is 0 Å². The Kier molecular flexibility index (Phi) is 4.10. The second-order valence-corrected chi connectivity index (χ2v) is 5.60.